The van der Waals surface area contributed by atoms with E-state index in [1.54, 1.807) is 11.3 Å². The van der Waals surface area contributed by atoms with Gasteiger partial charge in [-0.2, -0.15) is 0 Å². The first-order chi connectivity index (χ1) is 7.88. The molecule has 1 fully saturated rings. The van der Waals surface area contributed by atoms with Gasteiger partial charge < -0.3 is 10.1 Å². The van der Waals surface area contributed by atoms with E-state index in [-0.39, 0.29) is 0 Å². The topological polar surface area (TPSA) is 34.2 Å². The molecule has 3 nitrogen and oxygen atoms in total. The quantitative estimate of drug-likeness (QED) is 0.827. The van der Waals surface area contributed by atoms with Crippen LogP contribution in [0.5, 0.6) is 0 Å². The Morgan fingerprint density at radius 1 is 1.69 bits per heavy atom. The first-order valence-electron chi connectivity index (χ1n) is 6.07. The van der Waals surface area contributed by atoms with E-state index in [0.29, 0.717) is 6.04 Å². The van der Waals surface area contributed by atoms with Gasteiger partial charge in [0.2, 0.25) is 0 Å². The van der Waals surface area contributed by atoms with Gasteiger partial charge in [-0.3, -0.25) is 4.98 Å². The summed E-state index contributed by atoms with van der Waals surface area (Å²) in [5, 5.41) is 3.57. The summed E-state index contributed by atoms with van der Waals surface area (Å²) in [5.74, 6) is 0.747. The van der Waals surface area contributed by atoms with Crippen molar-refractivity contribution >= 4 is 11.3 Å². The molecule has 2 heterocycles. The Morgan fingerprint density at radius 2 is 2.62 bits per heavy atom. The van der Waals surface area contributed by atoms with Gasteiger partial charge in [-0.15, -0.1) is 11.3 Å². The normalized spacial score (nSPS) is 22.4. The number of rotatable bonds is 6. The van der Waals surface area contributed by atoms with E-state index in [1.807, 2.05) is 11.7 Å². The van der Waals surface area contributed by atoms with Gasteiger partial charge >= 0.3 is 0 Å². The maximum atomic E-state index is 5.43. The lowest BCUT2D eigenvalue weighted by molar-refractivity contribution is 0.181. The van der Waals surface area contributed by atoms with E-state index in [2.05, 4.69) is 17.2 Å². The summed E-state index contributed by atoms with van der Waals surface area (Å²) in [7, 11) is 0. The fourth-order valence-corrected chi connectivity index (χ4v) is 2.96. The maximum absolute atomic E-state index is 5.43. The first kappa shape index (κ1) is 12.0. The molecule has 2 unspecified atom stereocenters. The van der Waals surface area contributed by atoms with E-state index >= 15 is 0 Å². The van der Waals surface area contributed by atoms with Gasteiger partial charge in [-0.05, 0) is 31.7 Å². The molecule has 2 rings (SSSR count). The molecule has 90 valence electrons. The standard InChI is InChI=1S/C12H20N2OS/c1-2-14-11(5-10-3-4-15-8-10)6-12-7-13-9-16-12/h7,9-11,14H,2-6,8H2,1H3. The highest BCUT2D eigenvalue weighted by Gasteiger charge is 2.20. The van der Waals surface area contributed by atoms with Crippen LogP contribution in [-0.2, 0) is 11.2 Å². The van der Waals surface area contributed by atoms with Gasteiger partial charge in [0.05, 0.1) is 5.51 Å². The minimum atomic E-state index is 0.581. The van der Waals surface area contributed by atoms with Crippen LogP contribution in [0.25, 0.3) is 0 Å². The molecule has 1 aromatic rings. The van der Waals surface area contributed by atoms with Gasteiger partial charge in [0.15, 0.2) is 0 Å². The highest BCUT2D eigenvalue weighted by Crippen LogP contribution is 2.20. The zero-order valence-corrected chi connectivity index (χ0v) is 10.6. The molecule has 4 heteroatoms. The van der Waals surface area contributed by atoms with Crippen molar-refractivity contribution in [3.63, 3.8) is 0 Å². The molecule has 16 heavy (non-hydrogen) atoms. The largest absolute Gasteiger partial charge is 0.381 e. The average molecular weight is 240 g/mol. The number of likely N-dealkylation sites (N-methyl/N-ethyl adjacent to an activating group) is 1. The van der Waals surface area contributed by atoms with Crippen LogP contribution in [0.4, 0.5) is 0 Å². The fraction of sp³-hybridized carbons (Fsp3) is 0.750. The minimum absolute atomic E-state index is 0.581. The van der Waals surface area contributed by atoms with E-state index in [0.717, 1.165) is 32.1 Å². The Morgan fingerprint density at radius 3 is 3.25 bits per heavy atom. The summed E-state index contributed by atoms with van der Waals surface area (Å²) < 4.78 is 5.43. The zero-order valence-electron chi connectivity index (χ0n) is 9.82. The van der Waals surface area contributed by atoms with E-state index in [1.165, 1.54) is 17.7 Å². The predicted molar refractivity (Wildman–Crippen MR) is 66.8 cm³/mol. The highest BCUT2D eigenvalue weighted by atomic mass is 32.1. The smallest absolute Gasteiger partial charge is 0.0794 e. The van der Waals surface area contributed by atoms with Crippen molar-refractivity contribution in [3.8, 4) is 0 Å². The predicted octanol–water partition coefficient (Wildman–Crippen LogP) is 2.09. The van der Waals surface area contributed by atoms with Gasteiger partial charge in [0.25, 0.3) is 0 Å². The van der Waals surface area contributed by atoms with Crippen LogP contribution in [-0.4, -0.2) is 30.8 Å². The Kier molecular flexibility index (Phi) is 4.75. The second kappa shape index (κ2) is 6.33. The molecule has 1 saturated heterocycles. The molecule has 0 spiro atoms. The molecule has 0 aliphatic carbocycles. The maximum Gasteiger partial charge on any atom is 0.0794 e. The van der Waals surface area contributed by atoms with Gasteiger partial charge in [0.1, 0.15) is 0 Å². The number of hydrogen-bond acceptors (Lipinski definition) is 4. The molecule has 0 radical (unpaired) electrons. The highest BCUT2D eigenvalue weighted by molar-refractivity contribution is 7.09. The number of aromatic nitrogens is 1. The van der Waals surface area contributed by atoms with Crippen LogP contribution < -0.4 is 5.32 Å². The number of nitrogens with zero attached hydrogens (tertiary/aromatic N) is 1. The number of thiazole rings is 1. The van der Waals surface area contributed by atoms with Crippen molar-refractivity contribution < 1.29 is 4.74 Å². The molecule has 0 bridgehead atoms. The molecule has 1 aromatic heterocycles. The van der Waals surface area contributed by atoms with E-state index < -0.39 is 0 Å². The minimum Gasteiger partial charge on any atom is -0.381 e. The van der Waals surface area contributed by atoms with E-state index in [9.17, 15) is 0 Å². The number of hydrogen-bond donors (Lipinski definition) is 1. The first-order valence-corrected chi connectivity index (χ1v) is 6.95. The van der Waals surface area contributed by atoms with Crippen molar-refractivity contribution in [1.29, 1.82) is 0 Å². The SMILES string of the molecule is CCNC(Cc1cncs1)CC1CCOC1. The molecule has 0 amide bonds. The van der Waals surface area contributed by atoms with Gasteiger partial charge in [-0.1, -0.05) is 6.92 Å². The summed E-state index contributed by atoms with van der Waals surface area (Å²) in [6.07, 6.45) is 5.55. The second-order valence-electron chi connectivity index (χ2n) is 4.39. The van der Waals surface area contributed by atoms with E-state index in [4.69, 9.17) is 4.74 Å². The molecule has 1 aliphatic rings. The van der Waals surface area contributed by atoms with Crippen LogP contribution in [0.15, 0.2) is 11.7 Å². The molecule has 1 aliphatic heterocycles. The summed E-state index contributed by atoms with van der Waals surface area (Å²) in [5.41, 5.74) is 1.91. The van der Waals surface area contributed by atoms with Gasteiger partial charge in [-0.25, -0.2) is 0 Å². The number of ether oxygens (including phenoxy) is 1. The van der Waals surface area contributed by atoms with Crippen LogP contribution in [0.1, 0.15) is 24.6 Å². The lowest BCUT2D eigenvalue weighted by Gasteiger charge is -2.19. The third-order valence-electron chi connectivity index (χ3n) is 3.07. The molecular formula is C12H20N2OS. The average Bonchev–Trinajstić information content (AvgIpc) is 2.91. The fourth-order valence-electron chi connectivity index (χ4n) is 2.28. The van der Waals surface area contributed by atoms with Crippen molar-refractivity contribution in [2.75, 3.05) is 19.8 Å². The summed E-state index contributed by atoms with van der Waals surface area (Å²) in [6, 6.07) is 0.581. The van der Waals surface area contributed by atoms with Crippen molar-refractivity contribution in [2.24, 2.45) is 5.92 Å². The summed E-state index contributed by atoms with van der Waals surface area (Å²) >= 11 is 1.75. The third-order valence-corrected chi connectivity index (χ3v) is 3.87. The molecule has 2 atom stereocenters. The zero-order chi connectivity index (χ0) is 11.2. The van der Waals surface area contributed by atoms with Crippen LogP contribution in [0, 0.1) is 5.92 Å². The monoisotopic (exact) mass is 240 g/mol. The van der Waals surface area contributed by atoms with Crippen molar-refractivity contribution in [2.45, 2.75) is 32.2 Å². The summed E-state index contributed by atoms with van der Waals surface area (Å²) in [6.45, 7) is 5.11. The molecule has 0 saturated carbocycles. The Bertz CT molecular complexity index is 283. The third kappa shape index (κ3) is 3.54. The Labute approximate surface area is 101 Å². The molecular weight excluding hydrogens is 220 g/mol. The summed E-state index contributed by atoms with van der Waals surface area (Å²) in [4.78, 5) is 5.51. The lowest BCUT2D eigenvalue weighted by atomic mass is 9.97. The second-order valence-corrected chi connectivity index (χ2v) is 5.36. The Hall–Kier alpha value is -0.450. The van der Waals surface area contributed by atoms with Gasteiger partial charge in [0, 0.05) is 30.3 Å². The van der Waals surface area contributed by atoms with Crippen LogP contribution in [0.2, 0.25) is 0 Å². The van der Waals surface area contributed by atoms with Crippen molar-refractivity contribution in [3.05, 3.63) is 16.6 Å². The lowest BCUT2D eigenvalue weighted by Crippen LogP contribution is -2.33. The molecule has 1 N–H and O–H groups in total. The Balaban J connectivity index is 1.83. The molecule has 0 aromatic carbocycles. The number of nitrogens with one attached hydrogen (secondary N) is 1. The van der Waals surface area contributed by atoms with Crippen LogP contribution >= 0.6 is 11.3 Å². The van der Waals surface area contributed by atoms with Crippen molar-refractivity contribution in [1.82, 2.24) is 10.3 Å². The van der Waals surface area contributed by atoms with Crippen LogP contribution in [0.3, 0.4) is 0 Å².